The van der Waals surface area contributed by atoms with Crippen molar-refractivity contribution >= 4 is 31.9 Å². The second kappa shape index (κ2) is 6.69. The normalized spacial score (nSPS) is 12.4. The molecule has 0 saturated heterocycles. The van der Waals surface area contributed by atoms with Crippen LogP contribution < -0.4 is 5.73 Å². The summed E-state index contributed by atoms with van der Waals surface area (Å²) >= 11 is 7.00. The molecule has 100 valence electrons. The third-order valence-electron chi connectivity index (χ3n) is 3.20. The minimum atomic E-state index is 0.0151. The largest absolute Gasteiger partial charge is 0.324 e. The maximum absolute atomic E-state index is 6.29. The molecule has 1 nitrogen and oxygen atoms in total. The van der Waals surface area contributed by atoms with E-state index in [0.29, 0.717) is 0 Å². The molecule has 0 aromatic heterocycles. The molecule has 2 aromatic rings. The Labute approximate surface area is 131 Å². The van der Waals surface area contributed by atoms with E-state index in [9.17, 15) is 0 Å². The van der Waals surface area contributed by atoms with Crippen molar-refractivity contribution in [3.63, 3.8) is 0 Å². The van der Waals surface area contributed by atoms with Crippen LogP contribution in [0.4, 0.5) is 0 Å². The van der Waals surface area contributed by atoms with Crippen molar-refractivity contribution in [1.82, 2.24) is 0 Å². The minimum Gasteiger partial charge on any atom is -0.324 e. The molecule has 0 aliphatic carbocycles. The fourth-order valence-corrected chi connectivity index (χ4v) is 3.40. The molecule has 0 heterocycles. The van der Waals surface area contributed by atoms with Crippen molar-refractivity contribution in [2.75, 3.05) is 0 Å². The monoisotopic (exact) mass is 381 g/mol. The highest BCUT2D eigenvalue weighted by atomic mass is 79.9. The predicted octanol–water partition coefficient (Wildman–Crippen LogP) is 5.02. The Morgan fingerprint density at radius 3 is 2.00 bits per heavy atom. The molecular weight excluding hydrogens is 366 g/mol. The van der Waals surface area contributed by atoms with Gasteiger partial charge in [-0.05, 0) is 47.7 Å². The molecule has 2 rings (SSSR count). The maximum Gasteiger partial charge on any atom is 0.0336 e. The molecule has 0 saturated carbocycles. The van der Waals surface area contributed by atoms with Crippen LogP contribution in [0.3, 0.4) is 0 Å². The number of rotatable bonds is 4. The van der Waals surface area contributed by atoms with Gasteiger partial charge in [-0.3, -0.25) is 0 Å². The third kappa shape index (κ3) is 4.16. The van der Waals surface area contributed by atoms with Crippen molar-refractivity contribution in [3.8, 4) is 0 Å². The van der Waals surface area contributed by atoms with E-state index in [-0.39, 0.29) is 6.04 Å². The van der Waals surface area contributed by atoms with Gasteiger partial charge in [0.25, 0.3) is 0 Å². The van der Waals surface area contributed by atoms with E-state index in [0.717, 1.165) is 27.4 Å². The van der Waals surface area contributed by atoms with E-state index in [2.05, 4.69) is 75.2 Å². The summed E-state index contributed by atoms with van der Waals surface area (Å²) in [5, 5.41) is 0. The molecule has 0 bridgehead atoms. The van der Waals surface area contributed by atoms with Crippen LogP contribution in [0.15, 0.2) is 51.4 Å². The highest BCUT2D eigenvalue weighted by Crippen LogP contribution is 2.25. The summed E-state index contributed by atoms with van der Waals surface area (Å²) in [6, 6.07) is 14.9. The standard InChI is InChI=1S/C16H17Br2N/c1-2-11-3-5-12(6-4-11)7-16(19)13-8-14(17)10-15(18)9-13/h3-6,8-10,16H,2,7,19H2,1H3. The summed E-state index contributed by atoms with van der Waals surface area (Å²) in [5.74, 6) is 0. The topological polar surface area (TPSA) is 26.0 Å². The Bertz CT molecular complexity index is 529. The van der Waals surface area contributed by atoms with Crippen LogP contribution in [0.5, 0.6) is 0 Å². The Balaban J connectivity index is 2.13. The van der Waals surface area contributed by atoms with Crippen molar-refractivity contribution in [2.24, 2.45) is 5.73 Å². The molecule has 0 aliphatic heterocycles. The lowest BCUT2D eigenvalue weighted by molar-refractivity contribution is 0.720. The van der Waals surface area contributed by atoms with E-state index in [1.54, 1.807) is 0 Å². The maximum atomic E-state index is 6.29. The minimum absolute atomic E-state index is 0.0151. The zero-order valence-electron chi connectivity index (χ0n) is 10.9. The molecular formula is C16H17Br2N. The summed E-state index contributed by atoms with van der Waals surface area (Å²) in [7, 11) is 0. The summed E-state index contributed by atoms with van der Waals surface area (Å²) < 4.78 is 2.10. The fourth-order valence-electron chi connectivity index (χ4n) is 2.07. The van der Waals surface area contributed by atoms with Crippen LogP contribution in [-0.2, 0) is 12.8 Å². The van der Waals surface area contributed by atoms with Gasteiger partial charge in [0.2, 0.25) is 0 Å². The highest BCUT2D eigenvalue weighted by molar-refractivity contribution is 9.11. The SMILES string of the molecule is CCc1ccc(CC(N)c2cc(Br)cc(Br)c2)cc1. The lowest BCUT2D eigenvalue weighted by Gasteiger charge is -2.13. The molecule has 1 unspecified atom stereocenters. The first-order valence-electron chi connectivity index (χ1n) is 6.38. The van der Waals surface area contributed by atoms with Gasteiger partial charge >= 0.3 is 0 Å². The molecule has 0 aliphatic rings. The Hall–Kier alpha value is -0.640. The summed E-state index contributed by atoms with van der Waals surface area (Å²) in [5.41, 5.74) is 10.1. The third-order valence-corrected chi connectivity index (χ3v) is 4.12. The summed E-state index contributed by atoms with van der Waals surface area (Å²) in [4.78, 5) is 0. The van der Waals surface area contributed by atoms with Gasteiger partial charge in [-0.2, -0.15) is 0 Å². The number of halogens is 2. The lowest BCUT2D eigenvalue weighted by atomic mass is 9.99. The van der Waals surface area contributed by atoms with E-state index in [1.165, 1.54) is 11.1 Å². The van der Waals surface area contributed by atoms with Gasteiger partial charge in [0, 0.05) is 15.0 Å². The summed E-state index contributed by atoms with van der Waals surface area (Å²) in [6.45, 7) is 2.17. The van der Waals surface area contributed by atoms with Gasteiger partial charge in [0.05, 0.1) is 0 Å². The number of nitrogens with two attached hydrogens (primary N) is 1. The molecule has 1 atom stereocenters. The number of benzene rings is 2. The molecule has 2 aromatic carbocycles. The average molecular weight is 383 g/mol. The predicted molar refractivity (Wildman–Crippen MR) is 88.3 cm³/mol. The molecule has 0 spiro atoms. The van der Waals surface area contributed by atoms with Gasteiger partial charge in [-0.25, -0.2) is 0 Å². The zero-order chi connectivity index (χ0) is 13.8. The zero-order valence-corrected chi connectivity index (χ0v) is 14.0. The average Bonchev–Trinajstić information content (AvgIpc) is 2.38. The first-order valence-corrected chi connectivity index (χ1v) is 7.96. The number of aryl methyl sites for hydroxylation is 1. The Morgan fingerprint density at radius 1 is 0.947 bits per heavy atom. The van der Waals surface area contributed by atoms with Gasteiger partial charge < -0.3 is 5.73 Å². The quantitative estimate of drug-likeness (QED) is 0.789. The van der Waals surface area contributed by atoms with Crippen molar-refractivity contribution in [2.45, 2.75) is 25.8 Å². The van der Waals surface area contributed by atoms with Crippen LogP contribution in [0, 0.1) is 0 Å². The van der Waals surface area contributed by atoms with Crippen molar-refractivity contribution in [1.29, 1.82) is 0 Å². The van der Waals surface area contributed by atoms with Crippen molar-refractivity contribution < 1.29 is 0 Å². The second-order valence-corrected chi connectivity index (χ2v) is 6.51. The highest BCUT2D eigenvalue weighted by Gasteiger charge is 2.09. The first-order chi connectivity index (χ1) is 9.08. The molecule has 0 fully saturated rings. The fraction of sp³-hybridized carbons (Fsp3) is 0.250. The first kappa shape index (κ1) is 14.8. The molecule has 0 radical (unpaired) electrons. The van der Waals surface area contributed by atoms with Crippen LogP contribution in [-0.4, -0.2) is 0 Å². The molecule has 2 N–H and O–H groups in total. The molecule has 0 amide bonds. The molecule has 3 heteroatoms. The van der Waals surface area contributed by atoms with Crippen LogP contribution in [0.2, 0.25) is 0 Å². The van der Waals surface area contributed by atoms with E-state index in [4.69, 9.17) is 5.73 Å². The number of hydrogen-bond acceptors (Lipinski definition) is 1. The van der Waals surface area contributed by atoms with Gasteiger partial charge in [0.1, 0.15) is 0 Å². The number of hydrogen-bond donors (Lipinski definition) is 1. The molecule has 19 heavy (non-hydrogen) atoms. The summed E-state index contributed by atoms with van der Waals surface area (Å²) in [6.07, 6.45) is 1.93. The van der Waals surface area contributed by atoms with E-state index < -0.39 is 0 Å². The van der Waals surface area contributed by atoms with Crippen LogP contribution in [0.1, 0.15) is 29.7 Å². The van der Waals surface area contributed by atoms with Crippen LogP contribution >= 0.6 is 31.9 Å². The smallest absolute Gasteiger partial charge is 0.0336 e. The Kier molecular flexibility index (Phi) is 5.20. The van der Waals surface area contributed by atoms with E-state index >= 15 is 0 Å². The second-order valence-electron chi connectivity index (χ2n) is 4.68. The Morgan fingerprint density at radius 2 is 1.47 bits per heavy atom. The lowest BCUT2D eigenvalue weighted by Crippen LogP contribution is -2.13. The van der Waals surface area contributed by atoms with Gasteiger partial charge in [-0.15, -0.1) is 0 Å². The van der Waals surface area contributed by atoms with Crippen LogP contribution in [0.25, 0.3) is 0 Å². The van der Waals surface area contributed by atoms with Gasteiger partial charge in [-0.1, -0.05) is 63.0 Å². The van der Waals surface area contributed by atoms with E-state index in [1.807, 2.05) is 6.07 Å². The van der Waals surface area contributed by atoms with Gasteiger partial charge in [0.15, 0.2) is 0 Å². The van der Waals surface area contributed by atoms with Crippen molar-refractivity contribution in [3.05, 3.63) is 68.1 Å².